The topological polar surface area (TPSA) is 26.3 Å². The van der Waals surface area contributed by atoms with Gasteiger partial charge in [-0.2, -0.15) is 0 Å². The van der Waals surface area contributed by atoms with E-state index in [0.717, 1.165) is 18.4 Å². The number of hydrogen-bond acceptors (Lipinski definition) is 2. The van der Waals surface area contributed by atoms with Gasteiger partial charge in [-0.3, -0.25) is 4.79 Å². The van der Waals surface area contributed by atoms with Crippen LogP contribution in [0.4, 0.5) is 0 Å². The van der Waals surface area contributed by atoms with Gasteiger partial charge >= 0.3 is 5.97 Å². The maximum absolute atomic E-state index is 11.5. The molecule has 0 aliphatic carbocycles. The average Bonchev–Trinajstić information content (AvgIpc) is 2.43. The Morgan fingerprint density at radius 2 is 1.84 bits per heavy atom. The van der Waals surface area contributed by atoms with Crippen LogP contribution < -0.4 is 0 Å². The minimum atomic E-state index is -0.148. The second-order valence-corrected chi connectivity index (χ2v) is 4.64. The second-order valence-electron chi connectivity index (χ2n) is 4.64. The predicted octanol–water partition coefficient (Wildman–Crippen LogP) is 4.30. The Bertz CT molecular complexity index is 368. The molecule has 0 aliphatic heterocycles. The smallest absolute Gasteiger partial charge is 0.310 e. The molecule has 1 rings (SSSR count). The third-order valence-electron chi connectivity index (χ3n) is 2.88. The molecule has 2 nitrogen and oxygen atoms in total. The molecule has 0 heterocycles. The molecule has 1 aromatic rings. The van der Waals surface area contributed by atoms with Crippen LogP contribution in [0.1, 0.15) is 44.6 Å². The molecule has 0 atom stereocenters. The van der Waals surface area contributed by atoms with Crippen molar-refractivity contribution in [2.24, 2.45) is 0 Å². The van der Waals surface area contributed by atoms with Gasteiger partial charge in [0.2, 0.25) is 0 Å². The molecule has 0 aromatic heterocycles. The molecular formula is C17H24O2. The predicted molar refractivity (Wildman–Crippen MR) is 79.0 cm³/mol. The van der Waals surface area contributed by atoms with Crippen molar-refractivity contribution < 1.29 is 9.53 Å². The SMILES string of the molecule is CCCCCC=CCCOC(=O)Cc1ccccc1. The Morgan fingerprint density at radius 3 is 2.58 bits per heavy atom. The third kappa shape index (κ3) is 8.20. The van der Waals surface area contributed by atoms with E-state index in [4.69, 9.17) is 4.74 Å². The van der Waals surface area contributed by atoms with E-state index in [-0.39, 0.29) is 5.97 Å². The first kappa shape index (κ1) is 15.5. The number of benzene rings is 1. The number of carbonyl (C=O) groups is 1. The Balaban J connectivity index is 2.04. The highest BCUT2D eigenvalue weighted by molar-refractivity contribution is 5.72. The molecule has 0 N–H and O–H groups in total. The van der Waals surface area contributed by atoms with Gasteiger partial charge in [0.1, 0.15) is 0 Å². The second kappa shape index (κ2) is 10.4. The molecule has 2 heteroatoms. The quantitative estimate of drug-likeness (QED) is 0.376. The summed E-state index contributed by atoms with van der Waals surface area (Å²) in [6, 6.07) is 9.69. The fourth-order valence-electron chi connectivity index (χ4n) is 1.80. The standard InChI is InChI=1S/C17H24O2/c1-2-3-4-5-6-7-11-14-19-17(18)15-16-12-9-8-10-13-16/h6-10,12-13H,2-5,11,14-15H2,1H3. The molecule has 19 heavy (non-hydrogen) atoms. The van der Waals surface area contributed by atoms with Gasteiger partial charge in [0.15, 0.2) is 0 Å². The van der Waals surface area contributed by atoms with Crippen molar-refractivity contribution in [2.45, 2.75) is 45.4 Å². The fourth-order valence-corrected chi connectivity index (χ4v) is 1.80. The number of allylic oxidation sites excluding steroid dienone is 1. The molecule has 0 radical (unpaired) electrons. The van der Waals surface area contributed by atoms with Gasteiger partial charge in [0.25, 0.3) is 0 Å². The first-order valence-corrected chi connectivity index (χ1v) is 7.17. The van der Waals surface area contributed by atoms with Crippen LogP contribution in [0.25, 0.3) is 0 Å². The summed E-state index contributed by atoms with van der Waals surface area (Å²) in [5.41, 5.74) is 1.00. The fraction of sp³-hybridized carbons (Fsp3) is 0.471. The van der Waals surface area contributed by atoms with E-state index in [9.17, 15) is 4.79 Å². The van der Waals surface area contributed by atoms with E-state index in [1.54, 1.807) is 0 Å². The molecule has 0 aliphatic rings. The maximum atomic E-state index is 11.5. The van der Waals surface area contributed by atoms with Crippen molar-refractivity contribution in [1.29, 1.82) is 0 Å². The summed E-state index contributed by atoms with van der Waals surface area (Å²) in [6.45, 7) is 2.69. The Morgan fingerprint density at radius 1 is 1.11 bits per heavy atom. The molecule has 0 bridgehead atoms. The molecule has 0 fully saturated rings. The molecule has 0 spiro atoms. The number of unbranched alkanes of at least 4 members (excludes halogenated alkanes) is 3. The number of hydrogen-bond donors (Lipinski definition) is 0. The van der Waals surface area contributed by atoms with Crippen LogP contribution >= 0.6 is 0 Å². The van der Waals surface area contributed by atoms with Crippen LogP contribution in [0.15, 0.2) is 42.5 Å². The van der Waals surface area contributed by atoms with Gasteiger partial charge in [0, 0.05) is 0 Å². The van der Waals surface area contributed by atoms with Gasteiger partial charge in [-0.1, -0.05) is 62.2 Å². The van der Waals surface area contributed by atoms with E-state index >= 15 is 0 Å². The summed E-state index contributed by atoms with van der Waals surface area (Å²) in [5.74, 6) is -0.148. The van der Waals surface area contributed by atoms with Crippen LogP contribution in [-0.4, -0.2) is 12.6 Å². The van der Waals surface area contributed by atoms with Crippen LogP contribution in [0.5, 0.6) is 0 Å². The molecule has 0 unspecified atom stereocenters. The van der Waals surface area contributed by atoms with Crippen LogP contribution in [0.3, 0.4) is 0 Å². The van der Waals surface area contributed by atoms with Crippen LogP contribution in [0.2, 0.25) is 0 Å². The van der Waals surface area contributed by atoms with Crippen molar-refractivity contribution in [3.05, 3.63) is 48.0 Å². The monoisotopic (exact) mass is 260 g/mol. The third-order valence-corrected chi connectivity index (χ3v) is 2.88. The van der Waals surface area contributed by atoms with Crippen molar-refractivity contribution in [2.75, 3.05) is 6.61 Å². The highest BCUT2D eigenvalue weighted by atomic mass is 16.5. The van der Waals surface area contributed by atoms with Crippen LogP contribution in [0, 0.1) is 0 Å². The number of carbonyl (C=O) groups excluding carboxylic acids is 1. The van der Waals surface area contributed by atoms with Gasteiger partial charge in [-0.25, -0.2) is 0 Å². The zero-order chi connectivity index (χ0) is 13.8. The van der Waals surface area contributed by atoms with E-state index in [1.807, 2.05) is 30.3 Å². The Kier molecular flexibility index (Phi) is 8.45. The highest BCUT2D eigenvalue weighted by Gasteiger charge is 2.02. The number of ether oxygens (including phenoxy) is 1. The van der Waals surface area contributed by atoms with Gasteiger partial charge in [-0.15, -0.1) is 0 Å². The summed E-state index contributed by atoms with van der Waals surface area (Å²) < 4.78 is 5.18. The van der Waals surface area contributed by atoms with Gasteiger partial charge in [0.05, 0.1) is 13.0 Å². The molecule has 1 aromatic carbocycles. The summed E-state index contributed by atoms with van der Waals surface area (Å²) >= 11 is 0. The first-order valence-electron chi connectivity index (χ1n) is 7.17. The van der Waals surface area contributed by atoms with Crippen molar-refractivity contribution in [3.8, 4) is 0 Å². The van der Waals surface area contributed by atoms with E-state index < -0.39 is 0 Å². The first-order chi connectivity index (χ1) is 9.33. The van der Waals surface area contributed by atoms with E-state index in [2.05, 4.69) is 19.1 Å². The largest absolute Gasteiger partial charge is 0.465 e. The molecule has 0 saturated heterocycles. The summed E-state index contributed by atoms with van der Waals surface area (Å²) in [7, 11) is 0. The Hall–Kier alpha value is -1.57. The van der Waals surface area contributed by atoms with Crippen molar-refractivity contribution >= 4 is 5.97 Å². The van der Waals surface area contributed by atoms with Crippen molar-refractivity contribution in [3.63, 3.8) is 0 Å². The average molecular weight is 260 g/mol. The summed E-state index contributed by atoms with van der Waals surface area (Å²) in [5, 5.41) is 0. The van der Waals surface area contributed by atoms with Crippen LogP contribution in [-0.2, 0) is 16.0 Å². The lowest BCUT2D eigenvalue weighted by atomic mass is 10.2. The number of rotatable bonds is 9. The van der Waals surface area contributed by atoms with E-state index in [1.165, 1.54) is 19.3 Å². The lowest BCUT2D eigenvalue weighted by molar-refractivity contribution is -0.142. The lowest BCUT2D eigenvalue weighted by Gasteiger charge is -2.03. The summed E-state index contributed by atoms with van der Waals surface area (Å²) in [6.07, 6.45) is 10.4. The molecule has 0 saturated carbocycles. The molecule has 0 amide bonds. The number of esters is 1. The zero-order valence-corrected chi connectivity index (χ0v) is 11.8. The maximum Gasteiger partial charge on any atom is 0.310 e. The molecular weight excluding hydrogens is 236 g/mol. The minimum absolute atomic E-state index is 0.148. The Labute approximate surface area is 116 Å². The lowest BCUT2D eigenvalue weighted by Crippen LogP contribution is -2.08. The normalized spacial score (nSPS) is 10.8. The highest BCUT2D eigenvalue weighted by Crippen LogP contribution is 2.02. The van der Waals surface area contributed by atoms with Crippen molar-refractivity contribution in [1.82, 2.24) is 0 Å². The zero-order valence-electron chi connectivity index (χ0n) is 11.8. The van der Waals surface area contributed by atoms with Gasteiger partial charge in [-0.05, 0) is 24.8 Å². The summed E-state index contributed by atoms with van der Waals surface area (Å²) in [4.78, 5) is 11.5. The van der Waals surface area contributed by atoms with E-state index in [0.29, 0.717) is 13.0 Å². The minimum Gasteiger partial charge on any atom is -0.465 e. The van der Waals surface area contributed by atoms with Gasteiger partial charge < -0.3 is 4.74 Å². The molecule has 104 valence electrons.